The van der Waals surface area contributed by atoms with Crippen LogP contribution in [-0.2, 0) is 13.2 Å². The summed E-state index contributed by atoms with van der Waals surface area (Å²) >= 11 is 1.46. The Morgan fingerprint density at radius 3 is 2.07 bits per heavy atom. The van der Waals surface area contributed by atoms with Crippen LogP contribution in [0.3, 0.4) is 0 Å². The zero-order chi connectivity index (χ0) is 27.9. The monoisotopic (exact) mass is 550 g/mol. The summed E-state index contributed by atoms with van der Waals surface area (Å²) in [4.78, 5) is 4.81. The van der Waals surface area contributed by atoms with E-state index in [9.17, 15) is 5.26 Å². The maximum Gasteiger partial charge on any atom is 0.162 e. The number of nitriles is 1. The highest BCUT2D eigenvalue weighted by Crippen LogP contribution is 2.33. The molecule has 0 saturated carbocycles. The predicted molar refractivity (Wildman–Crippen MR) is 167 cm³/mol. The highest BCUT2D eigenvalue weighted by molar-refractivity contribution is 7.11. The van der Waals surface area contributed by atoms with Crippen LogP contribution in [0.2, 0.25) is 0 Å². The third kappa shape index (κ3) is 6.36. The van der Waals surface area contributed by atoms with Crippen molar-refractivity contribution in [3.05, 3.63) is 148 Å². The van der Waals surface area contributed by atoms with Crippen molar-refractivity contribution in [2.24, 2.45) is 0 Å². The van der Waals surface area contributed by atoms with Crippen molar-refractivity contribution in [2.75, 3.05) is 0 Å². The lowest BCUT2D eigenvalue weighted by Gasteiger charge is -2.14. The summed E-state index contributed by atoms with van der Waals surface area (Å²) in [6.45, 7) is 0.834. The number of thiazole rings is 1. The molecule has 0 unspecified atom stereocenters. The molecule has 5 heteroatoms. The van der Waals surface area contributed by atoms with Gasteiger partial charge in [-0.05, 0) is 51.7 Å². The number of allylic oxidation sites excluding steroid dienone is 1. The van der Waals surface area contributed by atoms with Gasteiger partial charge in [0.2, 0.25) is 0 Å². The minimum absolute atomic E-state index is 0.405. The van der Waals surface area contributed by atoms with Gasteiger partial charge in [-0.2, -0.15) is 5.26 Å². The number of ether oxygens (including phenoxy) is 2. The Hall–Kier alpha value is -5.18. The van der Waals surface area contributed by atoms with E-state index in [2.05, 4.69) is 36.4 Å². The molecule has 0 atom stereocenters. The molecule has 0 aliphatic carbocycles. The lowest BCUT2D eigenvalue weighted by atomic mass is 10.1. The molecule has 4 nitrogen and oxygen atoms in total. The van der Waals surface area contributed by atoms with E-state index < -0.39 is 0 Å². The Labute approximate surface area is 243 Å². The van der Waals surface area contributed by atoms with Crippen molar-refractivity contribution in [1.29, 1.82) is 5.26 Å². The van der Waals surface area contributed by atoms with Crippen LogP contribution in [0.5, 0.6) is 11.5 Å². The van der Waals surface area contributed by atoms with Crippen molar-refractivity contribution in [3.8, 4) is 28.8 Å². The number of benzene rings is 5. The third-order valence-corrected chi connectivity index (χ3v) is 7.53. The van der Waals surface area contributed by atoms with Crippen LogP contribution < -0.4 is 9.47 Å². The van der Waals surface area contributed by atoms with Gasteiger partial charge in [0.25, 0.3) is 0 Å². The van der Waals surface area contributed by atoms with Gasteiger partial charge in [-0.3, -0.25) is 0 Å². The first-order chi connectivity index (χ1) is 20.2. The molecule has 6 aromatic rings. The fraction of sp³-hybridized carbons (Fsp3) is 0.0556. The molecule has 1 heterocycles. The lowest BCUT2D eigenvalue weighted by Crippen LogP contribution is -2.01. The Balaban J connectivity index is 1.27. The summed E-state index contributed by atoms with van der Waals surface area (Å²) in [5, 5.41) is 15.1. The van der Waals surface area contributed by atoms with Crippen molar-refractivity contribution >= 4 is 33.8 Å². The molecule has 0 aliphatic rings. The number of fused-ring (bicyclic) bond motifs is 1. The van der Waals surface area contributed by atoms with Crippen LogP contribution in [0, 0.1) is 11.3 Å². The second-order valence-corrected chi connectivity index (χ2v) is 10.4. The Bertz CT molecular complexity index is 1850. The van der Waals surface area contributed by atoms with E-state index >= 15 is 0 Å². The average molecular weight is 551 g/mol. The number of aromatic nitrogens is 1. The highest BCUT2D eigenvalue weighted by atomic mass is 32.1. The molecule has 0 fully saturated rings. The van der Waals surface area contributed by atoms with E-state index in [4.69, 9.17) is 14.5 Å². The summed E-state index contributed by atoms with van der Waals surface area (Å²) in [5.41, 5.74) is 5.34. The summed E-state index contributed by atoms with van der Waals surface area (Å²) in [6.07, 6.45) is 1.85. The summed E-state index contributed by atoms with van der Waals surface area (Å²) in [6, 6.07) is 42.7. The molecule has 41 heavy (non-hydrogen) atoms. The van der Waals surface area contributed by atoms with Crippen molar-refractivity contribution in [2.45, 2.75) is 13.2 Å². The van der Waals surface area contributed by atoms with Gasteiger partial charge in [-0.25, -0.2) is 4.98 Å². The summed E-state index contributed by atoms with van der Waals surface area (Å²) < 4.78 is 12.4. The van der Waals surface area contributed by atoms with Crippen LogP contribution in [0.1, 0.15) is 21.7 Å². The number of nitrogens with zero attached hydrogens (tertiary/aromatic N) is 2. The van der Waals surface area contributed by atoms with E-state index in [1.165, 1.54) is 16.7 Å². The van der Waals surface area contributed by atoms with Gasteiger partial charge in [0.15, 0.2) is 11.5 Å². The normalized spacial score (nSPS) is 11.2. The van der Waals surface area contributed by atoms with Crippen molar-refractivity contribution in [3.63, 3.8) is 0 Å². The maximum atomic E-state index is 10.0. The Morgan fingerprint density at radius 1 is 0.707 bits per heavy atom. The molecule has 0 amide bonds. The molecule has 0 aliphatic heterocycles. The second kappa shape index (κ2) is 12.3. The average Bonchev–Trinajstić information content (AvgIpc) is 3.53. The molecule has 0 radical (unpaired) electrons. The van der Waals surface area contributed by atoms with Gasteiger partial charge < -0.3 is 9.47 Å². The first-order valence-electron chi connectivity index (χ1n) is 13.3. The fourth-order valence-corrected chi connectivity index (χ4v) is 5.30. The van der Waals surface area contributed by atoms with Crippen LogP contribution in [0.15, 0.2) is 127 Å². The van der Waals surface area contributed by atoms with E-state index in [1.54, 1.807) is 0 Å². The fourth-order valence-electron chi connectivity index (χ4n) is 4.50. The van der Waals surface area contributed by atoms with Crippen molar-refractivity contribution in [1.82, 2.24) is 4.98 Å². The minimum atomic E-state index is 0.405. The van der Waals surface area contributed by atoms with E-state index in [0.717, 1.165) is 33.3 Å². The SMILES string of the molecule is N#C/C(=C\c1ccc(OCc2ccccc2)c(OCc2ccccc2)c1)c1nc(-c2ccc3ccccc3c2)cs1. The molecular formula is C36H26N2O2S. The van der Waals surface area contributed by atoms with Gasteiger partial charge in [0.1, 0.15) is 24.3 Å². The topological polar surface area (TPSA) is 55.1 Å². The molecule has 6 rings (SSSR count). The first kappa shape index (κ1) is 26.1. The predicted octanol–water partition coefficient (Wildman–Crippen LogP) is 9.19. The van der Waals surface area contributed by atoms with Crippen LogP contribution in [0.4, 0.5) is 0 Å². The van der Waals surface area contributed by atoms with E-state index in [-0.39, 0.29) is 0 Å². The van der Waals surface area contributed by atoms with Gasteiger partial charge in [-0.1, -0.05) is 103 Å². The zero-order valence-electron chi connectivity index (χ0n) is 22.2. The van der Waals surface area contributed by atoms with Gasteiger partial charge in [0, 0.05) is 10.9 Å². The van der Waals surface area contributed by atoms with E-state index in [1.807, 2.05) is 102 Å². The maximum absolute atomic E-state index is 10.0. The number of hydrogen-bond acceptors (Lipinski definition) is 5. The van der Waals surface area contributed by atoms with E-state index in [0.29, 0.717) is 35.3 Å². The lowest BCUT2D eigenvalue weighted by molar-refractivity contribution is 0.256. The third-order valence-electron chi connectivity index (χ3n) is 6.65. The molecule has 198 valence electrons. The zero-order valence-corrected chi connectivity index (χ0v) is 23.1. The molecular weight excluding hydrogens is 524 g/mol. The molecule has 0 spiro atoms. The quantitative estimate of drug-likeness (QED) is 0.168. The molecule has 0 N–H and O–H groups in total. The van der Waals surface area contributed by atoms with Gasteiger partial charge in [-0.15, -0.1) is 11.3 Å². The first-order valence-corrected chi connectivity index (χ1v) is 14.2. The largest absolute Gasteiger partial charge is 0.485 e. The minimum Gasteiger partial charge on any atom is -0.485 e. The standard InChI is InChI=1S/C36H26N2O2S/c37-22-32(36-38-33(25-41-36)31-17-16-29-13-7-8-14-30(29)21-31)19-28-15-18-34(39-23-26-9-3-1-4-10-26)35(20-28)40-24-27-11-5-2-6-12-27/h1-21,25H,23-24H2/b32-19+. The van der Waals surface area contributed by atoms with Gasteiger partial charge >= 0.3 is 0 Å². The van der Waals surface area contributed by atoms with Crippen molar-refractivity contribution < 1.29 is 9.47 Å². The van der Waals surface area contributed by atoms with Crippen LogP contribution >= 0.6 is 11.3 Å². The van der Waals surface area contributed by atoms with Crippen LogP contribution in [0.25, 0.3) is 33.7 Å². The van der Waals surface area contributed by atoms with Crippen LogP contribution in [-0.4, -0.2) is 4.98 Å². The second-order valence-electron chi connectivity index (χ2n) is 9.52. The Morgan fingerprint density at radius 2 is 1.37 bits per heavy atom. The summed E-state index contributed by atoms with van der Waals surface area (Å²) in [7, 11) is 0. The number of hydrogen-bond donors (Lipinski definition) is 0. The van der Waals surface area contributed by atoms with Gasteiger partial charge in [0.05, 0.1) is 11.3 Å². The molecule has 5 aromatic carbocycles. The smallest absolute Gasteiger partial charge is 0.162 e. The molecule has 0 saturated heterocycles. The number of rotatable bonds is 9. The Kier molecular flexibility index (Phi) is 7.84. The molecule has 1 aromatic heterocycles. The highest BCUT2D eigenvalue weighted by Gasteiger charge is 2.12. The molecule has 0 bridgehead atoms. The summed E-state index contributed by atoms with van der Waals surface area (Å²) in [5.74, 6) is 1.26.